The van der Waals surface area contributed by atoms with Gasteiger partial charge in [-0.2, -0.15) is 0 Å². The fourth-order valence-electron chi connectivity index (χ4n) is 1.65. The van der Waals surface area contributed by atoms with Gasteiger partial charge in [-0.15, -0.1) is 0 Å². The number of hydrogen-bond acceptors (Lipinski definition) is 2. The van der Waals surface area contributed by atoms with Gasteiger partial charge in [-0.25, -0.2) is 0 Å². The second-order valence-electron chi connectivity index (χ2n) is 3.94. The highest BCUT2D eigenvalue weighted by atomic mass is 16.3. The lowest BCUT2D eigenvalue weighted by Gasteiger charge is -2.19. The lowest BCUT2D eigenvalue weighted by Crippen LogP contribution is -2.17. The molecule has 0 fully saturated rings. The van der Waals surface area contributed by atoms with E-state index >= 15 is 0 Å². The van der Waals surface area contributed by atoms with Crippen molar-refractivity contribution in [2.45, 2.75) is 32.8 Å². The largest absolute Gasteiger partial charge is 0.388 e. The van der Waals surface area contributed by atoms with E-state index in [2.05, 4.69) is 31.0 Å². The van der Waals surface area contributed by atoms with Gasteiger partial charge in [0.05, 0.1) is 6.10 Å². The molecule has 1 atom stereocenters. The standard InChI is InChI=1S/C13H21NO/c1-4-10-14(3)12-8-6-11(7-9-12)13(15)5-2/h6-9,13,15H,4-5,10H2,1-3H3/t13-/m0/s1. The molecule has 0 radical (unpaired) electrons. The van der Waals surface area contributed by atoms with Crippen LogP contribution in [-0.2, 0) is 0 Å². The average molecular weight is 207 g/mol. The zero-order chi connectivity index (χ0) is 11.3. The van der Waals surface area contributed by atoms with Crippen LogP contribution in [-0.4, -0.2) is 18.7 Å². The number of aliphatic hydroxyl groups is 1. The first-order valence-corrected chi connectivity index (χ1v) is 5.68. The Bertz CT molecular complexity index is 281. The summed E-state index contributed by atoms with van der Waals surface area (Å²) in [4.78, 5) is 2.22. The van der Waals surface area contributed by atoms with E-state index in [-0.39, 0.29) is 6.10 Å². The maximum Gasteiger partial charge on any atom is 0.0787 e. The molecule has 1 aromatic carbocycles. The van der Waals surface area contributed by atoms with Gasteiger partial charge in [0, 0.05) is 19.3 Å². The van der Waals surface area contributed by atoms with Gasteiger partial charge in [0.2, 0.25) is 0 Å². The molecule has 2 heteroatoms. The summed E-state index contributed by atoms with van der Waals surface area (Å²) in [6.07, 6.45) is 1.59. The number of hydrogen-bond donors (Lipinski definition) is 1. The summed E-state index contributed by atoms with van der Waals surface area (Å²) in [6.45, 7) is 5.23. The molecule has 0 saturated heterocycles. The Hall–Kier alpha value is -1.02. The summed E-state index contributed by atoms with van der Waals surface area (Å²) in [5.74, 6) is 0. The minimum absolute atomic E-state index is 0.324. The molecule has 0 spiro atoms. The number of anilines is 1. The maximum atomic E-state index is 9.65. The number of rotatable bonds is 5. The van der Waals surface area contributed by atoms with Gasteiger partial charge in [0.25, 0.3) is 0 Å². The zero-order valence-corrected chi connectivity index (χ0v) is 9.90. The van der Waals surface area contributed by atoms with Crippen molar-refractivity contribution in [1.82, 2.24) is 0 Å². The van der Waals surface area contributed by atoms with Crippen molar-refractivity contribution in [1.29, 1.82) is 0 Å². The second-order valence-corrected chi connectivity index (χ2v) is 3.94. The van der Waals surface area contributed by atoms with E-state index in [0.717, 1.165) is 24.9 Å². The van der Waals surface area contributed by atoms with Crippen LogP contribution in [0.4, 0.5) is 5.69 Å². The van der Waals surface area contributed by atoms with E-state index in [9.17, 15) is 5.11 Å². The fraction of sp³-hybridized carbons (Fsp3) is 0.538. The molecule has 0 aromatic heterocycles. The van der Waals surface area contributed by atoms with Crippen LogP contribution in [0.5, 0.6) is 0 Å². The molecule has 2 nitrogen and oxygen atoms in total. The summed E-state index contributed by atoms with van der Waals surface area (Å²) in [5, 5.41) is 9.65. The molecule has 0 aliphatic carbocycles. The van der Waals surface area contributed by atoms with Crippen molar-refractivity contribution in [3.8, 4) is 0 Å². The number of aliphatic hydroxyl groups excluding tert-OH is 1. The predicted octanol–water partition coefficient (Wildman–Crippen LogP) is 2.98. The summed E-state index contributed by atoms with van der Waals surface area (Å²) >= 11 is 0. The average Bonchev–Trinajstić information content (AvgIpc) is 2.28. The molecule has 1 rings (SSSR count). The van der Waals surface area contributed by atoms with E-state index < -0.39 is 0 Å². The minimum atomic E-state index is -0.324. The molecular formula is C13H21NO. The van der Waals surface area contributed by atoms with Crippen LogP contribution in [0.1, 0.15) is 38.4 Å². The van der Waals surface area contributed by atoms with Crippen molar-refractivity contribution >= 4 is 5.69 Å². The van der Waals surface area contributed by atoms with Gasteiger partial charge in [-0.3, -0.25) is 0 Å². The van der Waals surface area contributed by atoms with Gasteiger partial charge in [0.1, 0.15) is 0 Å². The quantitative estimate of drug-likeness (QED) is 0.802. The second kappa shape index (κ2) is 5.76. The summed E-state index contributed by atoms with van der Waals surface area (Å²) < 4.78 is 0. The van der Waals surface area contributed by atoms with Crippen LogP contribution in [0.15, 0.2) is 24.3 Å². The molecular weight excluding hydrogens is 186 g/mol. The van der Waals surface area contributed by atoms with Gasteiger partial charge in [-0.1, -0.05) is 26.0 Å². The van der Waals surface area contributed by atoms with Crippen LogP contribution in [0.25, 0.3) is 0 Å². The maximum absolute atomic E-state index is 9.65. The van der Waals surface area contributed by atoms with Gasteiger partial charge >= 0.3 is 0 Å². The predicted molar refractivity (Wildman–Crippen MR) is 65.3 cm³/mol. The molecule has 0 aliphatic heterocycles. The van der Waals surface area contributed by atoms with Crippen LogP contribution >= 0.6 is 0 Å². The van der Waals surface area contributed by atoms with Crippen LogP contribution in [0.2, 0.25) is 0 Å². The highest BCUT2D eigenvalue weighted by molar-refractivity contribution is 5.47. The first-order valence-electron chi connectivity index (χ1n) is 5.68. The van der Waals surface area contributed by atoms with E-state index in [0.29, 0.717) is 0 Å². The third-order valence-corrected chi connectivity index (χ3v) is 2.66. The van der Waals surface area contributed by atoms with Crippen LogP contribution < -0.4 is 4.90 Å². The SMILES string of the molecule is CCCN(C)c1ccc([C@@H](O)CC)cc1. The highest BCUT2D eigenvalue weighted by Crippen LogP contribution is 2.20. The van der Waals surface area contributed by atoms with Gasteiger partial charge in [0.15, 0.2) is 0 Å². The molecule has 0 heterocycles. The van der Waals surface area contributed by atoms with Gasteiger partial charge in [-0.05, 0) is 30.5 Å². The van der Waals surface area contributed by atoms with Crippen molar-refractivity contribution in [2.24, 2.45) is 0 Å². The summed E-state index contributed by atoms with van der Waals surface area (Å²) in [7, 11) is 2.09. The summed E-state index contributed by atoms with van der Waals surface area (Å²) in [5.41, 5.74) is 2.22. The molecule has 0 bridgehead atoms. The Balaban J connectivity index is 2.71. The Kier molecular flexibility index (Phi) is 4.63. The number of benzene rings is 1. The molecule has 84 valence electrons. The van der Waals surface area contributed by atoms with Crippen molar-refractivity contribution in [3.63, 3.8) is 0 Å². The molecule has 0 unspecified atom stereocenters. The molecule has 0 amide bonds. The molecule has 0 aliphatic rings. The third kappa shape index (κ3) is 3.24. The van der Waals surface area contributed by atoms with Crippen LogP contribution in [0.3, 0.4) is 0 Å². The first kappa shape index (κ1) is 12.1. The van der Waals surface area contributed by atoms with Gasteiger partial charge < -0.3 is 10.0 Å². The Morgan fingerprint density at radius 1 is 1.20 bits per heavy atom. The minimum Gasteiger partial charge on any atom is -0.388 e. The van der Waals surface area contributed by atoms with Crippen LogP contribution in [0, 0.1) is 0 Å². The van der Waals surface area contributed by atoms with Crippen molar-refractivity contribution < 1.29 is 5.11 Å². The molecule has 1 N–H and O–H groups in total. The molecule has 0 saturated carbocycles. The van der Waals surface area contributed by atoms with E-state index in [4.69, 9.17) is 0 Å². The van der Waals surface area contributed by atoms with Crippen molar-refractivity contribution in [3.05, 3.63) is 29.8 Å². The van der Waals surface area contributed by atoms with E-state index in [1.54, 1.807) is 0 Å². The summed E-state index contributed by atoms with van der Waals surface area (Å²) in [6, 6.07) is 8.17. The normalized spacial score (nSPS) is 12.5. The Morgan fingerprint density at radius 3 is 2.27 bits per heavy atom. The number of nitrogens with zero attached hydrogens (tertiary/aromatic N) is 1. The molecule has 1 aromatic rings. The van der Waals surface area contributed by atoms with E-state index in [1.807, 2.05) is 19.1 Å². The Labute approximate surface area is 92.5 Å². The smallest absolute Gasteiger partial charge is 0.0787 e. The first-order chi connectivity index (χ1) is 7.19. The van der Waals surface area contributed by atoms with E-state index in [1.165, 1.54) is 5.69 Å². The lowest BCUT2D eigenvalue weighted by atomic mass is 10.1. The zero-order valence-electron chi connectivity index (χ0n) is 9.90. The third-order valence-electron chi connectivity index (χ3n) is 2.66. The Morgan fingerprint density at radius 2 is 1.80 bits per heavy atom. The topological polar surface area (TPSA) is 23.5 Å². The fourth-order valence-corrected chi connectivity index (χ4v) is 1.65. The van der Waals surface area contributed by atoms with Crippen molar-refractivity contribution in [2.75, 3.05) is 18.5 Å². The molecule has 15 heavy (non-hydrogen) atoms. The highest BCUT2D eigenvalue weighted by Gasteiger charge is 2.05. The lowest BCUT2D eigenvalue weighted by molar-refractivity contribution is 0.173. The monoisotopic (exact) mass is 207 g/mol.